The monoisotopic (exact) mass is 283 g/mol. The zero-order chi connectivity index (χ0) is 15.2. The molecular weight excluding hydrogens is 266 g/mol. The maximum Gasteiger partial charge on any atom is 0.251 e. The third-order valence-corrected chi connectivity index (χ3v) is 2.84. The minimum atomic E-state index is -0.291. The molecule has 2 aromatic rings. The first-order valence-electron chi connectivity index (χ1n) is 6.61. The van der Waals surface area contributed by atoms with Gasteiger partial charge in [-0.2, -0.15) is 0 Å². The number of aromatic nitrogens is 1. The van der Waals surface area contributed by atoms with Crippen molar-refractivity contribution in [2.75, 3.05) is 11.9 Å². The molecule has 2 N–H and O–H groups in total. The van der Waals surface area contributed by atoms with Crippen molar-refractivity contribution in [3.8, 4) is 0 Å². The molecule has 0 radical (unpaired) electrons. The SMILES string of the molecule is Cc1cc(C)cc(C(=O)NCC(=O)Nc2cccnc2)c1. The molecule has 5 heteroatoms. The quantitative estimate of drug-likeness (QED) is 0.902. The number of rotatable bonds is 4. The van der Waals surface area contributed by atoms with Crippen LogP contribution in [0.15, 0.2) is 42.7 Å². The maximum atomic E-state index is 12.0. The van der Waals surface area contributed by atoms with Crippen molar-refractivity contribution in [1.82, 2.24) is 10.3 Å². The minimum Gasteiger partial charge on any atom is -0.343 e. The molecule has 0 aliphatic rings. The van der Waals surface area contributed by atoms with E-state index < -0.39 is 0 Å². The molecule has 2 rings (SSSR count). The van der Waals surface area contributed by atoms with Gasteiger partial charge in [0.2, 0.25) is 5.91 Å². The van der Waals surface area contributed by atoms with E-state index in [1.807, 2.05) is 19.9 Å². The fourth-order valence-corrected chi connectivity index (χ4v) is 2.01. The third-order valence-electron chi connectivity index (χ3n) is 2.84. The third kappa shape index (κ3) is 4.42. The summed E-state index contributed by atoms with van der Waals surface area (Å²) in [5.41, 5.74) is 3.18. The van der Waals surface area contributed by atoms with Crippen LogP contribution in [-0.2, 0) is 4.79 Å². The molecule has 0 saturated carbocycles. The first-order valence-corrected chi connectivity index (χ1v) is 6.61. The first kappa shape index (κ1) is 14.7. The van der Waals surface area contributed by atoms with Crippen LogP contribution in [0.4, 0.5) is 5.69 Å². The van der Waals surface area contributed by atoms with Crippen LogP contribution in [-0.4, -0.2) is 23.3 Å². The molecule has 108 valence electrons. The van der Waals surface area contributed by atoms with Gasteiger partial charge in [0.15, 0.2) is 0 Å². The number of anilines is 1. The number of pyridine rings is 1. The van der Waals surface area contributed by atoms with Crippen molar-refractivity contribution in [2.45, 2.75) is 13.8 Å². The maximum absolute atomic E-state index is 12.0. The molecular formula is C16H17N3O2. The lowest BCUT2D eigenvalue weighted by atomic mass is 10.1. The van der Waals surface area contributed by atoms with Crippen LogP contribution in [0.3, 0.4) is 0 Å². The molecule has 0 fully saturated rings. The molecule has 1 aromatic carbocycles. The van der Waals surface area contributed by atoms with Gasteiger partial charge < -0.3 is 10.6 Å². The fraction of sp³-hybridized carbons (Fsp3) is 0.188. The summed E-state index contributed by atoms with van der Waals surface area (Å²) in [7, 11) is 0. The van der Waals surface area contributed by atoms with Gasteiger partial charge in [-0.05, 0) is 38.1 Å². The Balaban J connectivity index is 1.90. The van der Waals surface area contributed by atoms with E-state index in [4.69, 9.17) is 0 Å². The predicted molar refractivity (Wildman–Crippen MR) is 81.1 cm³/mol. The molecule has 0 aliphatic carbocycles. The number of hydrogen-bond donors (Lipinski definition) is 2. The summed E-state index contributed by atoms with van der Waals surface area (Å²) in [5, 5.41) is 5.26. The van der Waals surface area contributed by atoms with Crippen LogP contribution in [0.25, 0.3) is 0 Å². The summed E-state index contributed by atoms with van der Waals surface area (Å²) in [4.78, 5) is 27.6. The molecule has 0 atom stereocenters. The Morgan fingerprint density at radius 2 is 1.86 bits per heavy atom. The number of carbonyl (C=O) groups excluding carboxylic acids is 2. The van der Waals surface area contributed by atoms with E-state index in [1.54, 1.807) is 36.7 Å². The Labute approximate surface area is 123 Å². The van der Waals surface area contributed by atoms with Crippen molar-refractivity contribution < 1.29 is 9.59 Å². The Morgan fingerprint density at radius 1 is 1.14 bits per heavy atom. The van der Waals surface area contributed by atoms with Gasteiger partial charge in [0.1, 0.15) is 0 Å². The summed E-state index contributed by atoms with van der Waals surface area (Å²) >= 11 is 0. The summed E-state index contributed by atoms with van der Waals surface area (Å²) in [6, 6.07) is 9.04. The summed E-state index contributed by atoms with van der Waals surface area (Å²) in [6.45, 7) is 3.78. The molecule has 0 spiro atoms. The average Bonchev–Trinajstić information content (AvgIpc) is 2.45. The van der Waals surface area contributed by atoms with Crippen LogP contribution >= 0.6 is 0 Å². The lowest BCUT2D eigenvalue weighted by molar-refractivity contribution is -0.115. The highest BCUT2D eigenvalue weighted by molar-refractivity contribution is 5.99. The highest BCUT2D eigenvalue weighted by atomic mass is 16.2. The van der Waals surface area contributed by atoms with Gasteiger partial charge >= 0.3 is 0 Å². The number of amides is 2. The van der Waals surface area contributed by atoms with Crippen molar-refractivity contribution >= 4 is 17.5 Å². The van der Waals surface area contributed by atoms with Crippen molar-refractivity contribution in [1.29, 1.82) is 0 Å². The smallest absolute Gasteiger partial charge is 0.251 e. The van der Waals surface area contributed by atoms with Gasteiger partial charge in [-0.1, -0.05) is 17.2 Å². The second-order valence-corrected chi connectivity index (χ2v) is 4.85. The van der Waals surface area contributed by atoms with Gasteiger partial charge in [0, 0.05) is 11.8 Å². The van der Waals surface area contributed by atoms with E-state index in [0.29, 0.717) is 11.3 Å². The molecule has 0 unspecified atom stereocenters. The Morgan fingerprint density at radius 3 is 2.48 bits per heavy atom. The van der Waals surface area contributed by atoms with Crippen LogP contribution in [0, 0.1) is 13.8 Å². The van der Waals surface area contributed by atoms with Gasteiger partial charge in [-0.3, -0.25) is 14.6 Å². The van der Waals surface area contributed by atoms with Gasteiger partial charge in [0.25, 0.3) is 5.91 Å². The van der Waals surface area contributed by atoms with E-state index in [0.717, 1.165) is 11.1 Å². The fourth-order valence-electron chi connectivity index (χ4n) is 2.01. The molecule has 2 amide bonds. The van der Waals surface area contributed by atoms with E-state index in [1.165, 1.54) is 0 Å². The largest absolute Gasteiger partial charge is 0.343 e. The number of carbonyl (C=O) groups is 2. The van der Waals surface area contributed by atoms with E-state index in [2.05, 4.69) is 15.6 Å². The van der Waals surface area contributed by atoms with Crippen LogP contribution < -0.4 is 10.6 Å². The number of hydrogen-bond acceptors (Lipinski definition) is 3. The lowest BCUT2D eigenvalue weighted by Gasteiger charge is -2.08. The second kappa shape index (κ2) is 6.65. The van der Waals surface area contributed by atoms with Crippen molar-refractivity contribution in [3.63, 3.8) is 0 Å². The highest BCUT2D eigenvalue weighted by Gasteiger charge is 2.09. The van der Waals surface area contributed by atoms with Gasteiger partial charge in [-0.25, -0.2) is 0 Å². The van der Waals surface area contributed by atoms with E-state index in [9.17, 15) is 9.59 Å². The Kier molecular flexibility index (Phi) is 4.66. The normalized spacial score (nSPS) is 10.0. The second-order valence-electron chi connectivity index (χ2n) is 4.85. The number of nitrogens with zero attached hydrogens (tertiary/aromatic N) is 1. The van der Waals surface area contributed by atoms with Crippen LogP contribution in [0.5, 0.6) is 0 Å². The molecule has 1 aromatic heterocycles. The highest BCUT2D eigenvalue weighted by Crippen LogP contribution is 2.08. The zero-order valence-electron chi connectivity index (χ0n) is 12.0. The van der Waals surface area contributed by atoms with Gasteiger partial charge in [0.05, 0.1) is 18.4 Å². The molecule has 1 heterocycles. The van der Waals surface area contributed by atoms with Gasteiger partial charge in [-0.15, -0.1) is 0 Å². The molecule has 5 nitrogen and oxygen atoms in total. The average molecular weight is 283 g/mol. The summed E-state index contributed by atoms with van der Waals surface area (Å²) in [5.74, 6) is -0.552. The minimum absolute atomic E-state index is 0.0826. The molecule has 0 bridgehead atoms. The molecule has 0 aliphatic heterocycles. The Bertz CT molecular complexity index is 634. The Hall–Kier alpha value is -2.69. The van der Waals surface area contributed by atoms with Crippen LogP contribution in [0.1, 0.15) is 21.5 Å². The summed E-state index contributed by atoms with van der Waals surface area (Å²) in [6.07, 6.45) is 3.17. The number of benzene rings is 1. The van der Waals surface area contributed by atoms with Crippen LogP contribution in [0.2, 0.25) is 0 Å². The first-order chi connectivity index (χ1) is 10.0. The molecule has 21 heavy (non-hydrogen) atoms. The van der Waals surface area contributed by atoms with Crippen molar-refractivity contribution in [2.24, 2.45) is 0 Å². The number of nitrogens with one attached hydrogen (secondary N) is 2. The standard InChI is InChI=1S/C16H17N3O2/c1-11-6-12(2)8-13(7-11)16(21)18-10-15(20)19-14-4-3-5-17-9-14/h3-9H,10H2,1-2H3,(H,18,21)(H,19,20). The zero-order valence-corrected chi connectivity index (χ0v) is 12.0. The number of aryl methyl sites for hydroxylation is 2. The van der Waals surface area contributed by atoms with E-state index in [-0.39, 0.29) is 18.4 Å². The van der Waals surface area contributed by atoms with Crippen molar-refractivity contribution in [3.05, 3.63) is 59.4 Å². The topological polar surface area (TPSA) is 71.1 Å². The summed E-state index contributed by atoms with van der Waals surface area (Å²) < 4.78 is 0. The predicted octanol–water partition coefficient (Wildman–Crippen LogP) is 2.07. The molecule has 0 saturated heterocycles. The lowest BCUT2D eigenvalue weighted by Crippen LogP contribution is -2.32. The van der Waals surface area contributed by atoms with E-state index >= 15 is 0 Å².